The van der Waals surface area contributed by atoms with E-state index in [1.165, 1.54) is 0 Å². The zero-order valence-electron chi connectivity index (χ0n) is 11.3. The fourth-order valence-corrected chi connectivity index (χ4v) is 2.80. The monoisotopic (exact) mass is 240 g/mol. The first-order chi connectivity index (χ1) is 7.73. The van der Waals surface area contributed by atoms with Crippen molar-refractivity contribution in [3.63, 3.8) is 0 Å². The molecule has 0 spiro atoms. The SMILES string of the molecule is CC(=O)CCC1C(=O)C(C(C)(C)O)CCC1C. The molecule has 0 bridgehead atoms. The van der Waals surface area contributed by atoms with Crippen LogP contribution in [0.1, 0.15) is 53.4 Å². The van der Waals surface area contributed by atoms with Crippen molar-refractivity contribution >= 4 is 11.6 Å². The zero-order valence-corrected chi connectivity index (χ0v) is 11.3. The van der Waals surface area contributed by atoms with E-state index in [2.05, 4.69) is 6.92 Å². The van der Waals surface area contributed by atoms with E-state index in [0.29, 0.717) is 18.8 Å². The predicted molar refractivity (Wildman–Crippen MR) is 66.6 cm³/mol. The molecule has 1 aliphatic carbocycles. The molecular weight excluding hydrogens is 216 g/mol. The summed E-state index contributed by atoms with van der Waals surface area (Å²) in [5, 5.41) is 10.0. The van der Waals surface area contributed by atoms with Crippen LogP contribution in [0.25, 0.3) is 0 Å². The van der Waals surface area contributed by atoms with Gasteiger partial charge in [-0.15, -0.1) is 0 Å². The maximum atomic E-state index is 12.3. The third-order valence-corrected chi connectivity index (χ3v) is 3.97. The van der Waals surface area contributed by atoms with Crippen LogP contribution in [0.3, 0.4) is 0 Å². The summed E-state index contributed by atoms with van der Waals surface area (Å²) in [6, 6.07) is 0. The van der Waals surface area contributed by atoms with E-state index in [1.807, 2.05) is 0 Å². The Morgan fingerprint density at radius 1 is 1.41 bits per heavy atom. The van der Waals surface area contributed by atoms with Crippen LogP contribution in [0.15, 0.2) is 0 Å². The second-order valence-corrected chi connectivity index (χ2v) is 6.01. The van der Waals surface area contributed by atoms with E-state index in [1.54, 1.807) is 20.8 Å². The molecule has 0 radical (unpaired) electrons. The van der Waals surface area contributed by atoms with Crippen molar-refractivity contribution in [2.24, 2.45) is 17.8 Å². The minimum absolute atomic E-state index is 0.0518. The van der Waals surface area contributed by atoms with E-state index in [-0.39, 0.29) is 23.4 Å². The van der Waals surface area contributed by atoms with Gasteiger partial charge >= 0.3 is 0 Å². The highest BCUT2D eigenvalue weighted by molar-refractivity contribution is 5.86. The van der Waals surface area contributed by atoms with E-state index in [0.717, 1.165) is 12.8 Å². The van der Waals surface area contributed by atoms with Crippen LogP contribution in [-0.2, 0) is 9.59 Å². The average molecular weight is 240 g/mol. The number of hydrogen-bond donors (Lipinski definition) is 1. The number of rotatable bonds is 4. The van der Waals surface area contributed by atoms with Gasteiger partial charge in [-0.05, 0) is 46.0 Å². The highest BCUT2D eigenvalue weighted by Gasteiger charge is 2.42. The molecule has 0 aromatic rings. The Balaban J connectivity index is 2.73. The van der Waals surface area contributed by atoms with Crippen molar-refractivity contribution in [2.45, 2.75) is 59.0 Å². The van der Waals surface area contributed by atoms with Crippen LogP contribution in [0.5, 0.6) is 0 Å². The maximum Gasteiger partial charge on any atom is 0.142 e. The van der Waals surface area contributed by atoms with Gasteiger partial charge in [0.2, 0.25) is 0 Å². The topological polar surface area (TPSA) is 54.4 Å². The number of carbonyl (C=O) groups is 2. The Hall–Kier alpha value is -0.700. The first-order valence-electron chi connectivity index (χ1n) is 6.49. The Kier molecular flexibility index (Phi) is 4.48. The summed E-state index contributed by atoms with van der Waals surface area (Å²) in [5.41, 5.74) is -0.939. The van der Waals surface area contributed by atoms with Gasteiger partial charge in [-0.2, -0.15) is 0 Å². The summed E-state index contributed by atoms with van der Waals surface area (Å²) >= 11 is 0. The molecule has 0 saturated heterocycles. The molecule has 1 fully saturated rings. The summed E-state index contributed by atoms with van der Waals surface area (Å²) in [7, 11) is 0. The number of hydrogen-bond acceptors (Lipinski definition) is 3. The summed E-state index contributed by atoms with van der Waals surface area (Å²) in [4.78, 5) is 23.3. The quantitative estimate of drug-likeness (QED) is 0.820. The third-order valence-electron chi connectivity index (χ3n) is 3.97. The second-order valence-electron chi connectivity index (χ2n) is 6.01. The van der Waals surface area contributed by atoms with Crippen molar-refractivity contribution in [3.05, 3.63) is 0 Å². The zero-order chi connectivity index (χ0) is 13.2. The second kappa shape index (κ2) is 5.30. The fraction of sp³-hybridized carbons (Fsp3) is 0.857. The van der Waals surface area contributed by atoms with Crippen LogP contribution < -0.4 is 0 Å². The lowest BCUT2D eigenvalue weighted by Crippen LogP contribution is -2.44. The molecule has 0 aliphatic heterocycles. The average Bonchev–Trinajstić information content (AvgIpc) is 2.14. The van der Waals surface area contributed by atoms with Gasteiger partial charge in [0.25, 0.3) is 0 Å². The number of Topliss-reactive ketones (excluding diaryl/α,β-unsaturated/α-hetero) is 2. The van der Waals surface area contributed by atoms with Crippen molar-refractivity contribution in [1.82, 2.24) is 0 Å². The van der Waals surface area contributed by atoms with Crippen LogP contribution in [0, 0.1) is 17.8 Å². The molecule has 1 saturated carbocycles. The Morgan fingerprint density at radius 3 is 2.47 bits per heavy atom. The van der Waals surface area contributed by atoms with Gasteiger partial charge in [0.1, 0.15) is 11.6 Å². The number of ketones is 2. The summed E-state index contributed by atoms with van der Waals surface area (Å²) in [5.74, 6) is 0.299. The molecule has 1 aliphatic rings. The summed E-state index contributed by atoms with van der Waals surface area (Å²) in [6.07, 6.45) is 2.84. The Labute approximate surface area is 104 Å². The molecule has 0 aromatic heterocycles. The molecular formula is C14H24O3. The molecule has 0 heterocycles. The van der Waals surface area contributed by atoms with Gasteiger partial charge in [0, 0.05) is 18.3 Å². The first-order valence-corrected chi connectivity index (χ1v) is 6.49. The van der Waals surface area contributed by atoms with Crippen molar-refractivity contribution in [3.8, 4) is 0 Å². The van der Waals surface area contributed by atoms with Crippen molar-refractivity contribution in [2.75, 3.05) is 0 Å². The predicted octanol–water partition coefficient (Wildman–Crippen LogP) is 2.36. The van der Waals surface area contributed by atoms with Crippen molar-refractivity contribution in [1.29, 1.82) is 0 Å². The standard InChI is InChI=1S/C14H24O3/c1-9-5-8-12(14(3,4)17)13(16)11(9)7-6-10(2)15/h9,11-12,17H,5-8H2,1-4H3. The maximum absolute atomic E-state index is 12.3. The lowest BCUT2D eigenvalue weighted by atomic mass is 9.67. The Bertz CT molecular complexity index is 301. The smallest absolute Gasteiger partial charge is 0.142 e. The lowest BCUT2D eigenvalue weighted by Gasteiger charge is -2.38. The van der Waals surface area contributed by atoms with Gasteiger partial charge in [0.15, 0.2) is 0 Å². The third kappa shape index (κ3) is 3.63. The molecule has 3 nitrogen and oxygen atoms in total. The largest absolute Gasteiger partial charge is 0.390 e. The van der Waals surface area contributed by atoms with E-state index in [4.69, 9.17) is 0 Å². The lowest BCUT2D eigenvalue weighted by molar-refractivity contribution is -0.140. The van der Waals surface area contributed by atoms with Gasteiger partial charge in [0.05, 0.1) is 5.60 Å². The minimum Gasteiger partial charge on any atom is -0.390 e. The van der Waals surface area contributed by atoms with Crippen LogP contribution in [-0.4, -0.2) is 22.3 Å². The normalized spacial score (nSPS) is 30.4. The van der Waals surface area contributed by atoms with E-state index >= 15 is 0 Å². The van der Waals surface area contributed by atoms with Crippen LogP contribution >= 0.6 is 0 Å². The number of carbonyl (C=O) groups excluding carboxylic acids is 2. The van der Waals surface area contributed by atoms with Gasteiger partial charge < -0.3 is 9.90 Å². The van der Waals surface area contributed by atoms with E-state index in [9.17, 15) is 14.7 Å². The van der Waals surface area contributed by atoms with Gasteiger partial charge in [-0.25, -0.2) is 0 Å². The minimum atomic E-state index is -0.939. The molecule has 3 unspecified atom stereocenters. The summed E-state index contributed by atoms with van der Waals surface area (Å²) < 4.78 is 0. The van der Waals surface area contributed by atoms with Crippen molar-refractivity contribution < 1.29 is 14.7 Å². The van der Waals surface area contributed by atoms with Crippen LogP contribution in [0.4, 0.5) is 0 Å². The van der Waals surface area contributed by atoms with Gasteiger partial charge in [-0.1, -0.05) is 6.92 Å². The fourth-order valence-electron chi connectivity index (χ4n) is 2.80. The first kappa shape index (κ1) is 14.4. The van der Waals surface area contributed by atoms with Gasteiger partial charge in [-0.3, -0.25) is 4.79 Å². The molecule has 0 amide bonds. The Morgan fingerprint density at radius 2 is 2.00 bits per heavy atom. The van der Waals surface area contributed by atoms with E-state index < -0.39 is 5.60 Å². The highest BCUT2D eigenvalue weighted by Crippen LogP contribution is 2.38. The molecule has 3 atom stereocenters. The molecule has 1 N–H and O–H groups in total. The summed E-state index contributed by atoms with van der Waals surface area (Å²) in [6.45, 7) is 7.04. The van der Waals surface area contributed by atoms with Crippen LogP contribution in [0.2, 0.25) is 0 Å². The molecule has 1 rings (SSSR count). The number of aliphatic hydroxyl groups is 1. The molecule has 3 heteroatoms. The molecule has 0 aromatic carbocycles. The highest BCUT2D eigenvalue weighted by atomic mass is 16.3. The molecule has 98 valence electrons. The molecule has 17 heavy (non-hydrogen) atoms.